The topological polar surface area (TPSA) is 134 Å². The Hall–Kier alpha value is -3.51. The molecule has 1 aliphatic heterocycles. The van der Waals surface area contributed by atoms with Crippen molar-refractivity contribution < 1.29 is 22.9 Å². The molecule has 2 aromatic heterocycles. The van der Waals surface area contributed by atoms with Gasteiger partial charge in [0.2, 0.25) is 5.88 Å². The number of nitrogens with zero attached hydrogens (tertiary/aromatic N) is 4. The second-order valence-electron chi connectivity index (χ2n) is 7.64. The first-order valence-corrected chi connectivity index (χ1v) is 11.8. The van der Waals surface area contributed by atoms with Gasteiger partial charge in [0.25, 0.3) is 5.88 Å². The molecule has 0 spiro atoms. The molecule has 0 radical (unpaired) electrons. The van der Waals surface area contributed by atoms with Gasteiger partial charge >= 0.3 is 6.03 Å². The number of pyridine rings is 1. The van der Waals surface area contributed by atoms with Crippen molar-refractivity contribution >= 4 is 21.6 Å². The van der Waals surface area contributed by atoms with Crippen LogP contribution in [-0.2, 0) is 29.3 Å². The predicted molar refractivity (Wildman–Crippen MR) is 118 cm³/mol. The van der Waals surface area contributed by atoms with Gasteiger partial charge in [-0.1, -0.05) is 12.1 Å². The lowest BCUT2D eigenvalue weighted by Crippen LogP contribution is -2.22. The summed E-state index contributed by atoms with van der Waals surface area (Å²) in [5, 5.41) is 12.7. The molecule has 5 rings (SSSR count). The standard InChI is InChI=1S/C21H21FN6O4S/c1-31-19-17(22)14(7-8-24-19)15-6-4-12-3-5-13(12)18(15)26-21(29)27-33(23,30)16-11-25-28-9-2-10-32-20(16)28/h4,6-8,11H,2-3,5,9-10H2,1H3,(H3,23,26,27,29,30)/t33-/m1/s1. The van der Waals surface area contributed by atoms with Crippen molar-refractivity contribution in [3.05, 3.63) is 47.5 Å². The van der Waals surface area contributed by atoms with Gasteiger partial charge < -0.3 is 14.8 Å². The van der Waals surface area contributed by atoms with Crippen molar-refractivity contribution in [3.63, 3.8) is 0 Å². The summed E-state index contributed by atoms with van der Waals surface area (Å²) in [6.45, 7) is 1.03. The number of carbonyl (C=O) groups excluding carboxylic acids is 1. The van der Waals surface area contributed by atoms with Crippen LogP contribution in [0.4, 0.5) is 14.9 Å². The van der Waals surface area contributed by atoms with Crippen molar-refractivity contribution in [3.8, 4) is 22.9 Å². The fourth-order valence-electron chi connectivity index (χ4n) is 3.98. The zero-order chi connectivity index (χ0) is 23.2. The van der Waals surface area contributed by atoms with E-state index < -0.39 is 21.8 Å². The molecule has 12 heteroatoms. The second-order valence-corrected chi connectivity index (χ2v) is 9.40. The van der Waals surface area contributed by atoms with E-state index in [0.717, 1.165) is 24.0 Å². The van der Waals surface area contributed by atoms with E-state index in [4.69, 9.17) is 14.6 Å². The van der Waals surface area contributed by atoms with Crippen LogP contribution < -0.4 is 19.9 Å². The zero-order valence-electron chi connectivity index (χ0n) is 17.7. The molecule has 1 aromatic carbocycles. The fraction of sp³-hybridized carbons (Fsp3) is 0.286. The number of methoxy groups -OCH3 is 1. The van der Waals surface area contributed by atoms with Gasteiger partial charge in [-0.05, 0) is 30.0 Å². The summed E-state index contributed by atoms with van der Waals surface area (Å²) < 4.78 is 43.8. The Morgan fingerprint density at radius 2 is 2.18 bits per heavy atom. The Morgan fingerprint density at radius 3 is 2.94 bits per heavy atom. The fourth-order valence-corrected chi connectivity index (χ4v) is 4.99. The molecular formula is C21H21FN6O4S. The molecule has 0 bridgehead atoms. The highest BCUT2D eigenvalue weighted by Crippen LogP contribution is 2.40. The molecule has 3 N–H and O–H groups in total. The average molecular weight is 473 g/mol. The molecule has 2 amide bonds. The van der Waals surface area contributed by atoms with Crippen molar-refractivity contribution in [1.29, 1.82) is 0 Å². The van der Waals surface area contributed by atoms with E-state index in [1.165, 1.54) is 30.3 Å². The number of hydrogen-bond acceptors (Lipinski definition) is 6. The Morgan fingerprint density at radius 1 is 1.33 bits per heavy atom. The second kappa shape index (κ2) is 8.12. The van der Waals surface area contributed by atoms with Gasteiger partial charge in [0.15, 0.2) is 15.7 Å². The van der Waals surface area contributed by atoms with Crippen molar-refractivity contribution in [2.45, 2.75) is 30.7 Å². The molecule has 0 saturated carbocycles. The molecule has 3 aromatic rings. The van der Waals surface area contributed by atoms with Crippen LogP contribution in [0.5, 0.6) is 11.8 Å². The number of fused-ring (bicyclic) bond motifs is 2. The smallest absolute Gasteiger partial charge is 0.354 e. The minimum Gasteiger partial charge on any atom is -0.479 e. The number of rotatable bonds is 4. The van der Waals surface area contributed by atoms with Crippen LogP contribution in [0.3, 0.4) is 0 Å². The van der Waals surface area contributed by atoms with E-state index in [0.29, 0.717) is 30.8 Å². The minimum atomic E-state index is -3.63. The van der Waals surface area contributed by atoms with Crippen LogP contribution >= 0.6 is 0 Å². The largest absolute Gasteiger partial charge is 0.479 e. The van der Waals surface area contributed by atoms with E-state index in [-0.39, 0.29) is 22.2 Å². The normalized spacial score (nSPS) is 15.8. The molecule has 1 atom stereocenters. The maximum Gasteiger partial charge on any atom is 0.354 e. The number of halogens is 1. The van der Waals surface area contributed by atoms with Gasteiger partial charge in [0, 0.05) is 30.3 Å². The SMILES string of the molecule is COc1nccc(-c2ccc3c(c2NC(=O)N=[S@@](N)(=O)c2cnn4c2OCCC4)CC3)c1F. The van der Waals surface area contributed by atoms with Gasteiger partial charge in [-0.2, -0.15) is 5.10 Å². The average Bonchev–Trinajstić information content (AvgIpc) is 3.20. The first-order chi connectivity index (χ1) is 15.9. The van der Waals surface area contributed by atoms with Crippen LogP contribution in [0.25, 0.3) is 11.1 Å². The number of amides is 2. The lowest BCUT2D eigenvalue weighted by Gasteiger charge is -2.25. The van der Waals surface area contributed by atoms with Gasteiger partial charge in [0.1, 0.15) is 4.90 Å². The molecule has 0 unspecified atom stereocenters. The highest BCUT2D eigenvalue weighted by molar-refractivity contribution is 7.91. The number of aromatic nitrogens is 3. The molecule has 33 heavy (non-hydrogen) atoms. The molecule has 172 valence electrons. The van der Waals surface area contributed by atoms with Crippen LogP contribution in [0.15, 0.2) is 39.9 Å². The highest BCUT2D eigenvalue weighted by atomic mass is 32.2. The summed E-state index contributed by atoms with van der Waals surface area (Å²) in [6, 6.07) is 4.18. The van der Waals surface area contributed by atoms with Crippen molar-refractivity contribution in [2.75, 3.05) is 19.0 Å². The highest BCUT2D eigenvalue weighted by Gasteiger charge is 2.27. The minimum absolute atomic E-state index is 0.0588. The number of hydrogen-bond donors (Lipinski definition) is 2. The van der Waals surface area contributed by atoms with E-state index in [2.05, 4.69) is 19.8 Å². The lowest BCUT2D eigenvalue weighted by molar-refractivity contribution is 0.224. The summed E-state index contributed by atoms with van der Waals surface area (Å²) >= 11 is 0. The lowest BCUT2D eigenvalue weighted by atomic mass is 9.84. The third-order valence-electron chi connectivity index (χ3n) is 5.67. The van der Waals surface area contributed by atoms with Crippen LogP contribution in [0.2, 0.25) is 0 Å². The number of nitrogens with two attached hydrogens (primary N) is 1. The Kier molecular flexibility index (Phi) is 5.25. The number of benzene rings is 1. The quantitative estimate of drug-likeness (QED) is 0.600. The maximum absolute atomic E-state index is 14.9. The van der Waals surface area contributed by atoms with Gasteiger partial charge in [-0.3, -0.25) is 0 Å². The van der Waals surface area contributed by atoms with Crippen molar-refractivity contribution in [1.82, 2.24) is 14.8 Å². The summed E-state index contributed by atoms with van der Waals surface area (Å²) in [5.41, 5.74) is 2.93. The number of aryl methyl sites for hydroxylation is 2. The third-order valence-corrected chi connectivity index (χ3v) is 7.02. The van der Waals surface area contributed by atoms with E-state index in [9.17, 15) is 13.4 Å². The molecule has 2 aliphatic rings. The van der Waals surface area contributed by atoms with Gasteiger partial charge in [-0.25, -0.2) is 28.2 Å². The number of carbonyl (C=O) groups is 1. The molecule has 10 nitrogen and oxygen atoms in total. The predicted octanol–water partition coefficient (Wildman–Crippen LogP) is 2.91. The van der Waals surface area contributed by atoms with Gasteiger partial charge in [0.05, 0.1) is 25.6 Å². The summed E-state index contributed by atoms with van der Waals surface area (Å²) in [4.78, 5) is 16.8. The van der Waals surface area contributed by atoms with Crippen LogP contribution in [0.1, 0.15) is 17.5 Å². The number of anilines is 1. The molecule has 3 heterocycles. The molecule has 0 saturated heterocycles. The van der Waals surface area contributed by atoms with Crippen molar-refractivity contribution in [2.24, 2.45) is 9.50 Å². The molecule has 0 fully saturated rings. The van der Waals surface area contributed by atoms with E-state index in [1.807, 2.05) is 6.07 Å². The Labute approximate surface area is 189 Å². The number of ether oxygens (including phenoxy) is 2. The van der Waals surface area contributed by atoms with E-state index in [1.54, 1.807) is 6.07 Å². The Bertz CT molecular complexity index is 1400. The van der Waals surface area contributed by atoms with E-state index >= 15 is 0 Å². The first-order valence-electron chi connectivity index (χ1n) is 10.3. The van der Waals surface area contributed by atoms with Crippen LogP contribution in [-0.4, -0.2) is 38.7 Å². The summed E-state index contributed by atoms with van der Waals surface area (Å²) in [6.07, 6.45) is 5.02. The maximum atomic E-state index is 14.9. The summed E-state index contributed by atoms with van der Waals surface area (Å²) in [7, 11) is -2.30. The third kappa shape index (κ3) is 3.70. The molecule has 1 aliphatic carbocycles. The first kappa shape index (κ1) is 21.3. The number of nitrogens with one attached hydrogen (secondary N) is 1. The van der Waals surface area contributed by atoms with Gasteiger partial charge in [-0.15, -0.1) is 4.36 Å². The monoisotopic (exact) mass is 472 g/mol. The zero-order valence-corrected chi connectivity index (χ0v) is 18.5. The Balaban J connectivity index is 1.53. The van der Waals surface area contributed by atoms with Crippen LogP contribution in [0, 0.1) is 5.82 Å². The number of urea groups is 1. The summed E-state index contributed by atoms with van der Waals surface area (Å²) in [5.74, 6) is -0.563. The molecular weight excluding hydrogens is 451 g/mol.